The van der Waals surface area contributed by atoms with Crippen LogP contribution in [0.15, 0.2) is 30.1 Å². The van der Waals surface area contributed by atoms with Gasteiger partial charge >= 0.3 is 0 Å². The van der Waals surface area contributed by atoms with Gasteiger partial charge in [-0.2, -0.15) is 5.10 Å². The van der Waals surface area contributed by atoms with Crippen molar-refractivity contribution in [3.8, 4) is 0 Å². The first-order valence-corrected chi connectivity index (χ1v) is 12.2. The molecule has 2 atom stereocenters. The minimum absolute atomic E-state index is 0.0362. The van der Waals surface area contributed by atoms with Crippen molar-refractivity contribution in [3.63, 3.8) is 0 Å². The van der Waals surface area contributed by atoms with Crippen LogP contribution in [-0.2, 0) is 22.3 Å². The number of amides is 1. The highest BCUT2D eigenvalue weighted by molar-refractivity contribution is 6.69. The van der Waals surface area contributed by atoms with E-state index in [1.54, 1.807) is 10.7 Å². The van der Waals surface area contributed by atoms with Crippen LogP contribution in [0.25, 0.3) is 0 Å². The molecule has 1 amide bonds. The molecule has 25 heavy (non-hydrogen) atoms. The lowest BCUT2D eigenvalue weighted by atomic mass is 10.0. The van der Waals surface area contributed by atoms with Gasteiger partial charge in [0.25, 0.3) is 5.91 Å². The Balaban J connectivity index is 1.59. The van der Waals surface area contributed by atoms with Crippen LogP contribution in [0, 0.1) is 5.92 Å². The zero-order valence-electron chi connectivity index (χ0n) is 15.4. The van der Waals surface area contributed by atoms with Crippen LogP contribution >= 0.6 is 0 Å². The number of fused-ring (bicyclic) bond motifs is 1. The van der Waals surface area contributed by atoms with Crippen molar-refractivity contribution in [2.24, 2.45) is 5.92 Å². The Morgan fingerprint density at radius 2 is 2.20 bits per heavy atom. The predicted molar refractivity (Wildman–Crippen MR) is 98.6 cm³/mol. The van der Waals surface area contributed by atoms with Gasteiger partial charge in [-0.1, -0.05) is 13.0 Å². The monoisotopic (exact) mass is 361 g/mol. The van der Waals surface area contributed by atoms with E-state index < -0.39 is 8.32 Å². The molecular formula is C18H27N3O3Si. The van der Waals surface area contributed by atoms with Crippen molar-refractivity contribution < 1.29 is 14.0 Å². The van der Waals surface area contributed by atoms with Gasteiger partial charge in [-0.25, -0.2) is 0 Å². The summed E-state index contributed by atoms with van der Waals surface area (Å²) in [7, 11) is -1.60. The molecule has 7 heteroatoms. The maximum absolute atomic E-state index is 12.3. The average Bonchev–Trinajstić information content (AvgIpc) is 2.95. The highest BCUT2D eigenvalue weighted by atomic mass is 28.4. The standard InChI is InChI=1S/C18H27N3O3Si/c1-13-5-7-16(8-6-13)23-11-14-9-17-18(22)19-15(10-21(17)20-14)12-24-25(2,3)4/h5,7-9,13,15H,6,10-12H2,1-4H3,(H,19,22). The number of aromatic nitrogens is 2. The fourth-order valence-corrected chi connectivity index (χ4v) is 3.49. The number of carbonyl (C=O) groups is 1. The molecule has 1 aliphatic carbocycles. The van der Waals surface area contributed by atoms with E-state index in [1.807, 2.05) is 6.08 Å². The summed E-state index contributed by atoms with van der Waals surface area (Å²) in [5, 5.41) is 7.53. The second-order valence-corrected chi connectivity index (χ2v) is 12.3. The van der Waals surface area contributed by atoms with E-state index in [0.29, 0.717) is 31.4 Å². The molecule has 6 nitrogen and oxygen atoms in total. The third-order valence-electron chi connectivity index (χ3n) is 4.18. The molecule has 0 spiro atoms. The van der Waals surface area contributed by atoms with Crippen LogP contribution in [0.2, 0.25) is 19.6 Å². The zero-order chi connectivity index (χ0) is 18.0. The molecule has 1 aromatic rings. The van der Waals surface area contributed by atoms with Crippen LogP contribution in [-0.4, -0.2) is 36.7 Å². The summed E-state index contributed by atoms with van der Waals surface area (Å²) in [6.07, 6.45) is 7.23. The minimum atomic E-state index is -1.60. The lowest BCUT2D eigenvalue weighted by molar-refractivity contribution is 0.0868. The Morgan fingerprint density at radius 1 is 1.40 bits per heavy atom. The maximum atomic E-state index is 12.3. The molecule has 0 aromatic carbocycles. The van der Waals surface area contributed by atoms with Crippen LogP contribution in [0.1, 0.15) is 29.5 Å². The Labute approximate surface area is 150 Å². The lowest BCUT2D eigenvalue weighted by Crippen LogP contribution is -2.48. The number of hydrogen-bond acceptors (Lipinski definition) is 4. The van der Waals surface area contributed by atoms with E-state index in [2.05, 4.69) is 49.1 Å². The molecule has 3 rings (SSSR count). The number of nitrogens with zero attached hydrogens (tertiary/aromatic N) is 2. The first-order valence-electron chi connectivity index (χ1n) is 8.83. The number of nitrogens with one attached hydrogen (secondary N) is 1. The summed E-state index contributed by atoms with van der Waals surface area (Å²) in [5.41, 5.74) is 1.36. The van der Waals surface area contributed by atoms with Gasteiger partial charge in [0.15, 0.2) is 8.32 Å². The quantitative estimate of drug-likeness (QED) is 0.791. The summed E-state index contributed by atoms with van der Waals surface area (Å²) in [4.78, 5) is 12.3. The van der Waals surface area contributed by atoms with Gasteiger partial charge in [-0.05, 0) is 50.2 Å². The second kappa shape index (κ2) is 7.17. The van der Waals surface area contributed by atoms with Gasteiger partial charge in [0, 0.05) is 0 Å². The van der Waals surface area contributed by atoms with Crippen molar-refractivity contribution in [1.82, 2.24) is 15.1 Å². The number of rotatable bonds is 6. The first-order chi connectivity index (χ1) is 11.8. The average molecular weight is 362 g/mol. The van der Waals surface area contributed by atoms with E-state index in [-0.39, 0.29) is 11.9 Å². The largest absolute Gasteiger partial charge is 0.488 e. The van der Waals surface area contributed by atoms with Gasteiger partial charge in [-0.15, -0.1) is 0 Å². The van der Waals surface area contributed by atoms with Crippen LogP contribution < -0.4 is 5.32 Å². The number of hydrogen-bond donors (Lipinski definition) is 1. The highest BCUT2D eigenvalue weighted by Crippen LogP contribution is 2.18. The van der Waals surface area contributed by atoms with Crippen molar-refractivity contribution in [2.75, 3.05) is 6.61 Å². The summed E-state index contributed by atoms with van der Waals surface area (Å²) in [5.74, 6) is 1.33. The molecule has 2 heterocycles. The first kappa shape index (κ1) is 17.9. The van der Waals surface area contributed by atoms with E-state index in [0.717, 1.165) is 17.9 Å². The van der Waals surface area contributed by atoms with E-state index >= 15 is 0 Å². The van der Waals surface area contributed by atoms with Crippen molar-refractivity contribution in [1.29, 1.82) is 0 Å². The summed E-state index contributed by atoms with van der Waals surface area (Å²) < 4.78 is 13.5. The topological polar surface area (TPSA) is 65.4 Å². The molecule has 0 bridgehead atoms. The molecule has 1 aliphatic heterocycles. The predicted octanol–water partition coefficient (Wildman–Crippen LogP) is 2.84. The summed E-state index contributed by atoms with van der Waals surface area (Å²) in [6.45, 7) is 10.1. The Morgan fingerprint density at radius 3 is 2.88 bits per heavy atom. The molecule has 136 valence electrons. The third-order valence-corrected chi connectivity index (χ3v) is 5.21. The summed E-state index contributed by atoms with van der Waals surface area (Å²) in [6, 6.07) is 1.77. The van der Waals surface area contributed by atoms with Gasteiger partial charge in [0.1, 0.15) is 23.8 Å². The zero-order valence-corrected chi connectivity index (χ0v) is 16.4. The lowest BCUT2D eigenvalue weighted by Gasteiger charge is -2.27. The number of ether oxygens (including phenoxy) is 1. The smallest absolute Gasteiger partial charge is 0.269 e. The molecule has 0 saturated carbocycles. The van der Waals surface area contributed by atoms with Gasteiger partial charge in [0.05, 0.1) is 19.2 Å². The van der Waals surface area contributed by atoms with Crippen LogP contribution in [0.3, 0.4) is 0 Å². The molecule has 0 saturated heterocycles. The Hall–Kier alpha value is -1.86. The fourth-order valence-electron chi connectivity index (χ4n) is 2.79. The minimum Gasteiger partial charge on any atom is -0.488 e. The molecule has 1 N–H and O–H groups in total. The third kappa shape index (κ3) is 4.82. The molecule has 0 fully saturated rings. The van der Waals surface area contributed by atoms with E-state index in [9.17, 15) is 4.79 Å². The SMILES string of the molecule is CC1C=CC(OCc2cc3n(n2)CC(CO[Si](C)(C)C)NC3=O)=CC1. The molecule has 0 radical (unpaired) electrons. The van der Waals surface area contributed by atoms with Crippen LogP contribution in [0.4, 0.5) is 0 Å². The van der Waals surface area contributed by atoms with Gasteiger partial charge in [0.2, 0.25) is 0 Å². The Kier molecular flexibility index (Phi) is 5.15. The van der Waals surface area contributed by atoms with E-state index in [1.165, 1.54) is 0 Å². The van der Waals surface area contributed by atoms with Crippen molar-refractivity contribution in [2.45, 2.75) is 52.2 Å². The van der Waals surface area contributed by atoms with E-state index in [4.69, 9.17) is 9.16 Å². The highest BCUT2D eigenvalue weighted by Gasteiger charge is 2.27. The molecule has 2 unspecified atom stereocenters. The van der Waals surface area contributed by atoms with Crippen molar-refractivity contribution in [3.05, 3.63) is 41.4 Å². The summed E-state index contributed by atoms with van der Waals surface area (Å²) >= 11 is 0. The Bertz CT molecular complexity index is 703. The number of carbonyl (C=O) groups excluding carboxylic acids is 1. The molecule has 1 aromatic heterocycles. The van der Waals surface area contributed by atoms with Crippen molar-refractivity contribution >= 4 is 14.2 Å². The second-order valence-electron chi connectivity index (χ2n) is 7.76. The normalized spacial score (nSPS) is 23.0. The van der Waals surface area contributed by atoms with Gasteiger partial charge in [-0.3, -0.25) is 9.48 Å². The molecular weight excluding hydrogens is 334 g/mol. The molecule has 2 aliphatic rings. The number of allylic oxidation sites excluding steroid dienone is 3. The van der Waals surface area contributed by atoms with Crippen LogP contribution in [0.5, 0.6) is 0 Å². The van der Waals surface area contributed by atoms with Gasteiger partial charge < -0.3 is 14.5 Å². The fraction of sp³-hybridized carbons (Fsp3) is 0.556. The maximum Gasteiger partial charge on any atom is 0.269 e.